The molecule has 1 aromatic rings. The average Bonchev–Trinajstić information content (AvgIpc) is 2.90. The van der Waals surface area contributed by atoms with Crippen LogP contribution in [0.5, 0.6) is 0 Å². The molecule has 1 unspecified atom stereocenters. The number of hydrogen-bond acceptors (Lipinski definition) is 6. The Morgan fingerprint density at radius 2 is 2.23 bits per heavy atom. The molecule has 0 radical (unpaired) electrons. The minimum atomic E-state index is -1.34. The van der Waals surface area contributed by atoms with Gasteiger partial charge >= 0.3 is 5.97 Å². The fraction of sp³-hybridized carbons (Fsp3) is 0.417. The molecule has 2 heterocycles. The number of carbonyl (C=O) groups is 2. The second-order valence-electron chi connectivity index (χ2n) is 4.85. The number of pyridine rings is 1. The van der Waals surface area contributed by atoms with Crippen LogP contribution in [0.25, 0.3) is 0 Å². The van der Waals surface area contributed by atoms with Crippen molar-refractivity contribution >= 4 is 29.3 Å². The number of carboxylic acid groups (broad SMARTS) is 1. The quantitative estimate of drug-likeness (QED) is 0.567. The van der Waals surface area contributed by atoms with E-state index in [1.807, 2.05) is 0 Å². The van der Waals surface area contributed by atoms with Crippen LogP contribution in [0.2, 0.25) is 0 Å². The first kappa shape index (κ1) is 16.0. The highest BCUT2D eigenvalue weighted by Gasteiger charge is 2.43. The Kier molecular flexibility index (Phi) is 4.50. The van der Waals surface area contributed by atoms with Gasteiger partial charge in [-0.3, -0.25) is 24.3 Å². The number of carboxylic acids is 1. The largest absolute Gasteiger partial charge is 0.479 e. The maximum absolute atomic E-state index is 12.0. The lowest BCUT2D eigenvalue weighted by molar-refractivity contribution is -0.385. The van der Waals surface area contributed by atoms with Gasteiger partial charge in [0.15, 0.2) is 0 Å². The highest BCUT2D eigenvalue weighted by atomic mass is 32.2. The summed E-state index contributed by atoms with van der Waals surface area (Å²) in [7, 11) is 0. The topological polar surface area (TPSA) is 132 Å². The van der Waals surface area contributed by atoms with Crippen LogP contribution >= 0.6 is 11.8 Å². The second kappa shape index (κ2) is 6.18. The fourth-order valence-corrected chi connectivity index (χ4v) is 3.42. The number of nitro groups is 1. The van der Waals surface area contributed by atoms with E-state index in [9.17, 15) is 29.6 Å². The number of hydrogen-bond donors (Lipinski definition) is 2. The van der Waals surface area contributed by atoms with Crippen LogP contribution in [0, 0.1) is 10.1 Å². The third-order valence-corrected chi connectivity index (χ3v) is 4.49. The summed E-state index contributed by atoms with van der Waals surface area (Å²) in [4.78, 5) is 45.0. The van der Waals surface area contributed by atoms with Crippen LogP contribution < -0.4 is 10.9 Å². The molecule has 1 aromatic heterocycles. The molecule has 2 N–H and O–H groups in total. The van der Waals surface area contributed by atoms with Gasteiger partial charge in [-0.2, -0.15) is 11.8 Å². The molecule has 0 spiro atoms. The molecule has 22 heavy (non-hydrogen) atoms. The number of nitrogens with zero attached hydrogens (tertiary/aromatic N) is 2. The van der Waals surface area contributed by atoms with Crippen molar-refractivity contribution in [3.8, 4) is 0 Å². The van der Waals surface area contributed by atoms with Crippen LogP contribution in [0.4, 0.5) is 5.69 Å². The average molecular weight is 327 g/mol. The van der Waals surface area contributed by atoms with Gasteiger partial charge in [-0.1, -0.05) is 0 Å². The van der Waals surface area contributed by atoms with E-state index in [-0.39, 0.29) is 11.4 Å². The minimum absolute atomic E-state index is 0.248. The molecule has 0 aliphatic carbocycles. The van der Waals surface area contributed by atoms with Gasteiger partial charge in [-0.05, 0) is 12.2 Å². The lowest BCUT2D eigenvalue weighted by Gasteiger charge is -2.24. The maximum atomic E-state index is 12.0. The third-order valence-electron chi connectivity index (χ3n) is 3.30. The fourth-order valence-electron chi connectivity index (χ4n) is 2.10. The highest BCUT2D eigenvalue weighted by Crippen LogP contribution is 2.28. The van der Waals surface area contributed by atoms with E-state index in [2.05, 4.69) is 5.32 Å². The van der Waals surface area contributed by atoms with E-state index in [0.29, 0.717) is 12.2 Å². The van der Waals surface area contributed by atoms with E-state index < -0.39 is 34.4 Å². The molecular formula is C12H13N3O6S. The van der Waals surface area contributed by atoms with E-state index in [1.54, 1.807) is 0 Å². The summed E-state index contributed by atoms with van der Waals surface area (Å²) in [5, 5.41) is 22.4. The van der Waals surface area contributed by atoms with Crippen LogP contribution in [-0.4, -0.2) is 43.5 Å². The summed E-state index contributed by atoms with van der Waals surface area (Å²) in [6.07, 6.45) is 1.25. The van der Waals surface area contributed by atoms with E-state index in [4.69, 9.17) is 0 Å². The van der Waals surface area contributed by atoms with Crippen molar-refractivity contribution in [3.05, 3.63) is 38.8 Å². The zero-order valence-corrected chi connectivity index (χ0v) is 12.2. The van der Waals surface area contributed by atoms with Crippen molar-refractivity contribution in [1.82, 2.24) is 9.88 Å². The van der Waals surface area contributed by atoms with Crippen molar-refractivity contribution in [3.63, 3.8) is 0 Å². The summed E-state index contributed by atoms with van der Waals surface area (Å²) in [6, 6.07) is 2.03. The third kappa shape index (κ3) is 3.27. The van der Waals surface area contributed by atoms with Gasteiger partial charge in [0.1, 0.15) is 12.1 Å². The molecule has 9 nitrogen and oxygen atoms in total. The molecule has 1 saturated heterocycles. The lowest BCUT2D eigenvalue weighted by Crippen LogP contribution is -2.55. The van der Waals surface area contributed by atoms with Crippen LogP contribution in [0.15, 0.2) is 23.1 Å². The predicted molar refractivity (Wildman–Crippen MR) is 77.8 cm³/mol. The zero-order chi connectivity index (χ0) is 16.3. The molecule has 118 valence electrons. The Balaban J connectivity index is 2.15. The van der Waals surface area contributed by atoms with E-state index in [1.165, 1.54) is 11.8 Å². The maximum Gasteiger partial charge on any atom is 0.330 e. The van der Waals surface area contributed by atoms with Gasteiger partial charge in [0, 0.05) is 17.9 Å². The van der Waals surface area contributed by atoms with Gasteiger partial charge in [0.2, 0.25) is 5.91 Å². The molecule has 1 aliphatic rings. The Morgan fingerprint density at radius 1 is 1.50 bits per heavy atom. The number of aromatic nitrogens is 1. The van der Waals surface area contributed by atoms with Crippen LogP contribution in [0.3, 0.4) is 0 Å². The standard InChI is InChI=1S/C12H13N3O6S/c16-9(13-12(11(18)19)3-4-22-7-12)6-14-5-8(15(20)21)1-2-10(14)17/h1-2,5H,3-4,6-7H2,(H,13,16)(H,18,19). The first-order valence-corrected chi connectivity index (χ1v) is 7.46. The Morgan fingerprint density at radius 3 is 2.77 bits per heavy atom. The molecule has 10 heteroatoms. The first-order chi connectivity index (χ1) is 10.3. The minimum Gasteiger partial charge on any atom is -0.479 e. The molecule has 0 aromatic carbocycles. The second-order valence-corrected chi connectivity index (χ2v) is 5.95. The van der Waals surface area contributed by atoms with Gasteiger partial charge in [-0.25, -0.2) is 4.79 Å². The predicted octanol–water partition coefficient (Wildman–Crippen LogP) is -0.167. The Labute approximate surface area is 128 Å². The van der Waals surface area contributed by atoms with Gasteiger partial charge in [0.25, 0.3) is 11.2 Å². The summed E-state index contributed by atoms with van der Waals surface area (Å²) in [5.74, 6) is -0.939. The molecular weight excluding hydrogens is 314 g/mol. The normalized spacial score (nSPS) is 20.5. The molecule has 1 fully saturated rings. The summed E-state index contributed by atoms with van der Waals surface area (Å²) >= 11 is 1.41. The number of amides is 1. The zero-order valence-electron chi connectivity index (χ0n) is 11.4. The SMILES string of the molecule is O=C(Cn1cc([N+](=O)[O-])ccc1=O)NC1(C(=O)O)CCSC1. The van der Waals surface area contributed by atoms with Gasteiger partial charge in [0.05, 0.1) is 11.1 Å². The summed E-state index contributed by atoms with van der Waals surface area (Å²) in [5.41, 5.74) is -2.24. The Bertz CT molecular complexity index is 680. The number of thioether (sulfide) groups is 1. The van der Waals surface area contributed by atoms with E-state index in [0.717, 1.165) is 22.9 Å². The first-order valence-electron chi connectivity index (χ1n) is 6.31. The number of nitrogens with one attached hydrogen (secondary N) is 1. The lowest BCUT2D eigenvalue weighted by atomic mass is 9.99. The van der Waals surface area contributed by atoms with Crippen molar-refractivity contribution in [1.29, 1.82) is 0 Å². The van der Waals surface area contributed by atoms with Gasteiger partial charge < -0.3 is 10.4 Å². The molecule has 1 atom stereocenters. The van der Waals surface area contributed by atoms with Gasteiger partial charge in [-0.15, -0.1) is 0 Å². The number of aliphatic carboxylic acids is 1. The number of rotatable bonds is 5. The van der Waals surface area contributed by atoms with Crippen molar-refractivity contribution in [2.45, 2.75) is 18.5 Å². The number of carbonyl (C=O) groups excluding carboxylic acids is 1. The molecule has 0 saturated carbocycles. The van der Waals surface area contributed by atoms with E-state index >= 15 is 0 Å². The van der Waals surface area contributed by atoms with Crippen molar-refractivity contribution < 1.29 is 19.6 Å². The molecule has 1 aliphatic heterocycles. The smallest absolute Gasteiger partial charge is 0.330 e. The van der Waals surface area contributed by atoms with Crippen molar-refractivity contribution in [2.24, 2.45) is 0 Å². The van der Waals surface area contributed by atoms with Crippen molar-refractivity contribution in [2.75, 3.05) is 11.5 Å². The Hall–Kier alpha value is -2.36. The highest BCUT2D eigenvalue weighted by molar-refractivity contribution is 7.99. The molecule has 2 rings (SSSR count). The molecule has 0 bridgehead atoms. The monoisotopic (exact) mass is 327 g/mol. The van der Waals surface area contributed by atoms with Crippen LogP contribution in [-0.2, 0) is 16.1 Å². The summed E-state index contributed by atoms with van der Waals surface area (Å²) in [6.45, 7) is -0.472. The van der Waals surface area contributed by atoms with Crippen LogP contribution in [0.1, 0.15) is 6.42 Å². The molecule has 1 amide bonds. The summed E-state index contributed by atoms with van der Waals surface area (Å²) < 4.78 is 0.880.